The van der Waals surface area contributed by atoms with Gasteiger partial charge in [-0.1, -0.05) is 0 Å². The first-order chi connectivity index (χ1) is 11.5. The minimum absolute atomic E-state index is 0.116. The molecule has 128 valence electrons. The van der Waals surface area contributed by atoms with Crippen LogP contribution < -0.4 is 10.3 Å². The number of amides is 1. The van der Waals surface area contributed by atoms with Crippen molar-refractivity contribution < 1.29 is 9.90 Å². The average Bonchev–Trinajstić information content (AvgIpc) is 2.89. The summed E-state index contributed by atoms with van der Waals surface area (Å²) in [6.45, 7) is 5.85. The van der Waals surface area contributed by atoms with Crippen LogP contribution in [0.4, 0.5) is 5.69 Å². The third-order valence-electron chi connectivity index (χ3n) is 3.51. The second-order valence-electron chi connectivity index (χ2n) is 5.11. The lowest BCUT2D eigenvalue weighted by atomic mass is 10.2. The normalized spacial score (nSPS) is 11.0. The van der Waals surface area contributed by atoms with Gasteiger partial charge in [0, 0.05) is 43.7 Å². The molecule has 2 N–H and O–H groups in total. The van der Waals surface area contributed by atoms with Gasteiger partial charge in [-0.15, -0.1) is 0 Å². The molecule has 24 heavy (non-hydrogen) atoms. The molecule has 2 rings (SSSR count). The first kappa shape index (κ1) is 18.2. The number of anilines is 1. The van der Waals surface area contributed by atoms with Crippen LogP contribution in [-0.4, -0.2) is 40.1 Å². The summed E-state index contributed by atoms with van der Waals surface area (Å²) >= 11 is 2.04. The Hall–Kier alpha value is -2.10. The van der Waals surface area contributed by atoms with Crippen molar-refractivity contribution in [2.45, 2.75) is 13.8 Å². The summed E-state index contributed by atoms with van der Waals surface area (Å²) < 4.78 is 2.31. The molecule has 7 nitrogen and oxygen atoms in total. The van der Waals surface area contributed by atoms with Gasteiger partial charge in [-0.2, -0.15) is 10.2 Å². The van der Waals surface area contributed by atoms with Crippen molar-refractivity contribution >= 4 is 40.4 Å². The highest BCUT2D eigenvalue weighted by atomic mass is 127. The SMILES string of the molecule is CCN(CC)c1ccc(/C=N\NC(=O)c2nn(C)cc2I)c(O)c1. The summed E-state index contributed by atoms with van der Waals surface area (Å²) in [5, 5.41) is 18.1. The third kappa shape index (κ3) is 4.25. The monoisotopic (exact) mass is 441 g/mol. The molecule has 8 heteroatoms. The average molecular weight is 441 g/mol. The molecule has 0 aliphatic carbocycles. The second-order valence-corrected chi connectivity index (χ2v) is 6.28. The summed E-state index contributed by atoms with van der Waals surface area (Å²) in [5.41, 5.74) is 4.21. The molecule has 0 bridgehead atoms. The topological polar surface area (TPSA) is 82.8 Å². The number of aryl methyl sites for hydroxylation is 1. The zero-order valence-electron chi connectivity index (χ0n) is 13.8. The zero-order chi connectivity index (χ0) is 17.7. The Labute approximate surface area is 154 Å². The number of carbonyl (C=O) groups excluding carboxylic acids is 1. The van der Waals surface area contributed by atoms with Gasteiger partial charge in [0.25, 0.3) is 5.91 Å². The van der Waals surface area contributed by atoms with Crippen molar-refractivity contribution in [2.24, 2.45) is 12.1 Å². The molecule has 0 fully saturated rings. The van der Waals surface area contributed by atoms with Gasteiger partial charge < -0.3 is 10.0 Å². The molecule has 1 amide bonds. The number of carbonyl (C=O) groups is 1. The molecule has 0 saturated heterocycles. The van der Waals surface area contributed by atoms with E-state index < -0.39 is 5.91 Å². The van der Waals surface area contributed by atoms with Crippen LogP contribution in [0.3, 0.4) is 0 Å². The number of rotatable bonds is 6. The fourth-order valence-corrected chi connectivity index (χ4v) is 3.01. The van der Waals surface area contributed by atoms with Crippen LogP contribution in [-0.2, 0) is 7.05 Å². The van der Waals surface area contributed by atoms with Crippen molar-refractivity contribution in [3.63, 3.8) is 0 Å². The highest BCUT2D eigenvalue weighted by molar-refractivity contribution is 14.1. The minimum Gasteiger partial charge on any atom is -0.507 e. The van der Waals surface area contributed by atoms with Crippen molar-refractivity contribution in [2.75, 3.05) is 18.0 Å². The van der Waals surface area contributed by atoms with E-state index in [1.165, 1.54) is 6.21 Å². The number of halogens is 1. The Kier molecular flexibility index (Phi) is 6.18. The maximum Gasteiger partial charge on any atom is 0.292 e. The molecule has 0 unspecified atom stereocenters. The highest BCUT2D eigenvalue weighted by Gasteiger charge is 2.13. The van der Waals surface area contributed by atoms with Crippen molar-refractivity contribution in [1.29, 1.82) is 0 Å². The zero-order valence-corrected chi connectivity index (χ0v) is 16.0. The Bertz CT molecular complexity index is 753. The van der Waals surface area contributed by atoms with Crippen molar-refractivity contribution in [1.82, 2.24) is 15.2 Å². The van der Waals surface area contributed by atoms with Gasteiger partial charge in [0.05, 0.1) is 9.78 Å². The molecule has 0 aliphatic rings. The van der Waals surface area contributed by atoms with E-state index in [1.807, 2.05) is 28.7 Å². The summed E-state index contributed by atoms with van der Waals surface area (Å²) in [7, 11) is 1.75. The summed E-state index contributed by atoms with van der Waals surface area (Å²) in [6.07, 6.45) is 3.16. The van der Waals surface area contributed by atoms with Crippen LogP contribution in [0, 0.1) is 3.57 Å². The number of phenolic OH excluding ortho intramolecular Hbond substituents is 1. The molecule has 0 atom stereocenters. The van der Waals surface area contributed by atoms with Gasteiger partial charge in [0.2, 0.25) is 0 Å². The van der Waals surface area contributed by atoms with E-state index in [0.29, 0.717) is 11.3 Å². The number of hydrazone groups is 1. The number of aromatic nitrogens is 2. The quantitative estimate of drug-likeness (QED) is 0.410. The van der Waals surface area contributed by atoms with Crippen LogP contribution in [0.1, 0.15) is 29.9 Å². The Morgan fingerprint density at radius 3 is 2.71 bits per heavy atom. The van der Waals surface area contributed by atoms with Gasteiger partial charge in [-0.25, -0.2) is 5.43 Å². The number of hydrogen-bond acceptors (Lipinski definition) is 5. The Morgan fingerprint density at radius 2 is 2.17 bits per heavy atom. The van der Waals surface area contributed by atoms with Gasteiger partial charge in [0.1, 0.15) is 5.75 Å². The third-order valence-corrected chi connectivity index (χ3v) is 4.30. The summed E-state index contributed by atoms with van der Waals surface area (Å²) in [6, 6.07) is 5.37. The maximum absolute atomic E-state index is 12.0. The van der Waals surface area contributed by atoms with Crippen LogP contribution >= 0.6 is 22.6 Å². The lowest BCUT2D eigenvalue weighted by Gasteiger charge is -2.21. The van der Waals surface area contributed by atoms with E-state index in [9.17, 15) is 9.90 Å². The van der Waals surface area contributed by atoms with Crippen LogP contribution in [0.5, 0.6) is 5.75 Å². The Balaban J connectivity index is 2.06. The molecule has 0 saturated carbocycles. The number of benzene rings is 1. The van der Waals surface area contributed by atoms with Crippen LogP contribution in [0.25, 0.3) is 0 Å². The van der Waals surface area contributed by atoms with E-state index in [-0.39, 0.29) is 5.75 Å². The number of nitrogens with zero attached hydrogens (tertiary/aromatic N) is 4. The first-order valence-corrected chi connectivity index (χ1v) is 8.64. The summed E-state index contributed by atoms with van der Waals surface area (Å²) in [5.74, 6) is -0.277. The predicted octanol–water partition coefficient (Wildman–Crippen LogP) is 2.34. The number of nitrogens with one attached hydrogen (secondary N) is 1. The number of phenols is 1. The largest absolute Gasteiger partial charge is 0.507 e. The molecule has 1 aromatic carbocycles. The molecule has 0 aliphatic heterocycles. The van der Waals surface area contributed by atoms with E-state index in [2.05, 4.69) is 34.4 Å². The van der Waals surface area contributed by atoms with E-state index >= 15 is 0 Å². The van der Waals surface area contributed by atoms with Crippen molar-refractivity contribution in [3.05, 3.63) is 39.2 Å². The first-order valence-electron chi connectivity index (χ1n) is 7.56. The second kappa shape index (κ2) is 8.13. The van der Waals surface area contributed by atoms with Crippen molar-refractivity contribution in [3.8, 4) is 5.75 Å². The van der Waals surface area contributed by atoms with Crippen LogP contribution in [0.2, 0.25) is 0 Å². The fraction of sp³-hybridized carbons (Fsp3) is 0.312. The van der Waals surface area contributed by atoms with Gasteiger partial charge in [0.15, 0.2) is 5.69 Å². The Morgan fingerprint density at radius 1 is 1.46 bits per heavy atom. The van der Waals surface area contributed by atoms with Crippen LogP contribution in [0.15, 0.2) is 29.5 Å². The lowest BCUT2D eigenvalue weighted by molar-refractivity contribution is 0.0948. The molecular weight excluding hydrogens is 421 g/mol. The predicted molar refractivity (Wildman–Crippen MR) is 103 cm³/mol. The molecule has 0 spiro atoms. The van der Waals surface area contributed by atoms with Gasteiger partial charge in [-0.05, 0) is 48.6 Å². The van der Waals surface area contributed by atoms with E-state index in [0.717, 1.165) is 22.3 Å². The lowest BCUT2D eigenvalue weighted by Crippen LogP contribution is -2.21. The minimum atomic E-state index is -0.393. The fourth-order valence-electron chi connectivity index (χ4n) is 2.25. The van der Waals surface area contributed by atoms with Gasteiger partial charge >= 0.3 is 0 Å². The molecule has 1 aromatic heterocycles. The number of hydrogen-bond donors (Lipinski definition) is 2. The molecule has 1 heterocycles. The summed E-state index contributed by atoms with van der Waals surface area (Å²) in [4.78, 5) is 14.1. The molecule has 2 aromatic rings. The standard InChI is InChI=1S/C16H20IN5O2/c1-4-22(5-2)12-7-6-11(14(23)8-12)9-18-19-16(24)15-13(17)10-21(3)20-15/h6-10,23H,4-5H2,1-3H3,(H,19,24)/b18-9-. The van der Waals surface area contributed by atoms with E-state index in [4.69, 9.17) is 0 Å². The van der Waals surface area contributed by atoms with E-state index in [1.54, 1.807) is 30.1 Å². The highest BCUT2D eigenvalue weighted by Crippen LogP contribution is 2.23. The molecule has 0 radical (unpaired) electrons. The maximum atomic E-state index is 12.0. The number of aromatic hydroxyl groups is 1. The van der Waals surface area contributed by atoms with Gasteiger partial charge in [-0.3, -0.25) is 9.48 Å². The molecular formula is C16H20IN5O2. The smallest absolute Gasteiger partial charge is 0.292 e.